The molecule has 0 saturated carbocycles. The van der Waals surface area contributed by atoms with Gasteiger partial charge in [-0.15, -0.1) is 0 Å². The number of fused-ring (bicyclic) bond motifs is 1. The third-order valence-electron chi connectivity index (χ3n) is 4.80. The van der Waals surface area contributed by atoms with Crippen LogP contribution in [0.5, 0.6) is 11.5 Å². The summed E-state index contributed by atoms with van der Waals surface area (Å²) in [4.78, 5) is 25.8. The van der Waals surface area contributed by atoms with Crippen LogP contribution in [0.15, 0.2) is 30.3 Å². The number of nitrogens with zero attached hydrogens (tertiary/aromatic N) is 1. The number of nitrogens with one attached hydrogen (secondary N) is 1. The van der Waals surface area contributed by atoms with Crippen LogP contribution >= 0.6 is 11.6 Å². The van der Waals surface area contributed by atoms with Gasteiger partial charge in [-0.2, -0.15) is 0 Å². The van der Waals surface area contributed by atoms with Gasteiger partial charge in [0, 0.05) is 12.2 Å². The molecule has 1 unspecified atom stereocenters. The lowest BCUT2D eigenvalue weighted by molar-refractivity contribution is -0.138. The zero-order chi connectivity index (χ0) is 21.1. The number of urea groups is 1. The second kappa shape index (κ2) is 8.57. The topological polar surface area (TPSA) is 88.1 Å². The van der Waals surface area contributed by atoms with Crippen LogP contribution in [0.25, 0.3) is 0 Å². The number of aliphatic carboxylic acids is 1. The fraction of sp³-hybridized carbons (Fsp3) is 0.300. The minimum Gasteiger partial charge on any atom is -0.493 e. The van der Waals surface area contributed by atoms with Crippen molar-refractivity contribution in [1.29, 1.82) is 0 Å². The smallest absolute Gasteiger partial charge is 0.322 e. The van der Waals surface area contributed by atoms with Gasteiger partial charge in [-0.25, -0.2) is 9.18 Å². The number of rotatable bonds is 5. The minimum atomic E-state index is -1.04. The summed E-state index contributed by atoms with van der Waals surface area (Å²) < 4.78 is 24.0. The number of hydrogen-bond donors (Lipinski definition) is 2. The molecule has 9 heteroatoms. The lowest BCUT2D eigenvalue weighted by Crippen LogP contribution is -2.43. The van der Waals surface area contributed by atoms with Crippen LogP contribution < -0.4 is 14.8 Å². The summed E-state index contributed by atoms with van der Waals surface area (Å²) in [5.41, 5.74) is 1.89. The van der Waals surface area contributed by atoms with Crippen LogP contribution in [0.3, 0.4) is 0 Å². The Hall–Kier alpha value is -3.00. The van der Waals surface area contributed by atoms with Crippen molar-refractivity contribution in [3.05, 3.63) is 52.3 Å². The summed E-state index contributed by atoms with van der Waals surface area (Å²) in [7, 11) is 3.01. The van der Waals surface area contributed by atoms with Crippen molar-refractivity contribution in [2.75, 3.05) is 26.1 Å². The van der Waals surface area contributed by atoms with Gasteiger partial charge in [0.1, 0.15) is 5.82 Å². The fourth-order valence-corrected chi connectivity index (χ4v) is 3.61. The number of carbonyl (C=O) groups excluding carboxylic acids is 1. The highest BCUT2D eigenvalue weighted by molar-refractivity contribution is 6.31. The minimum absolute atomic E-state index is 0.120. The Labute approximate surface area is 172 Å². The van der Waals surface area contributed by atoms with Crippen molar-refractivity contribution in [3.63, 3.8) is 0 Å². The number of methoxy groups -OCH3 is 2. The molecular formula is C20H20ClFN2O5. The summed E-state index contributed by atoms with van der Waals surface area (Å²) in [6, 6.07) is 6.14. The van der Waals surface area contributed by atoms with Gasteiger partial charge in [0.05, 0.1) is 31.7 Å². The van der Waals surface area contributed by atoms with E-state index in [0.29, 0.717) is 35.7 Å². The molecule has 1 aliphatic rings. The Morgan fingerprint density at radius 2 is 1.93 bits per heavy atom. The van der Waals surface area contributed by atoms with Crippen LogP contribution in [0.2, 0.25) is 5.02 Å². The van der Waals surface area contributed by atoms with E-state index in [1.54, 1.807) is 12.1 Å². The predicted octanol–water partition coefficient (Wildman–Crippen LogP) is 4.10. The van der Waals surface area contributed by atoms with Gasteiger partial charge in [0.2, 0.25) is 0 Å². The van der Waals surface area contributed by atoms with E-state index in [2.05, 4.69) is 5.32 Å². The van der Waals surface area contributed by atoms with Crippen molar-refractivity contribution < 1.29 is 28.6 Å². The maximum absolute atomic E-state index is 13.4. The Morgan fingerprint density at radius 1 is 1.24 bits per heavy atom. The number of carboxylic acid groups (broad SMARTS) is 1. The van der Waals surface area contributed by atoms with E-state index >= 15 is 0 Å². The maximum atomic E-state index is 13.4. The summed E-state index contributed by atoms with van der Waals surface area (Å²) >= 11 is 5.77. The molecule has 0 aromatic heterocycles. The Bertz CT molecular complexity index is 953. The standard InChI is InChI=1S/C20H20ClFN2O5/c1-28-17-7-11-5-6-24(16(10-19(25)26)13(11)9-18(17)29-2)20(27)23-12-3-4-15(22)14(21)8-12/h3-4,7-9,16H,5-6,10H2,1-2H3,(H,23,27)(H,25,26). The van der Waals surface area contributed by atoms with Crippen molar-refractivity contribution in [3.8, 4) is 11.5 Å². The van der Waals surface area contributed by atoms with Crippen LogP contribution in [0.1, 0.15) is 23.6 Å². The van der Waals surface area contributed by atoms with Gasteiger partial charge >= 0.3 is 12.0 Å². The van der Waals surface area contributed by atoms with E-state index in [1.807, 2.05) is 0 Å². The SMILES string of the molecule is COc1cc2c(cc1OC)C(CC(=O)O)N(C(=O)Nc1ccc(F)c(Cl)c1)CC2. The number of carbonyl (C=O) groups is 2. The van der Waals surface area contributed by atoms with Crippen molar-refractivity contribution >= 4 is 29.3 Å². The van der Waals surface area contributed by atoms with Crippen LogP contribution in [0.4, 0.5) is 14.9 Å². The predicted molar refractivity (Wildman–Crippen MR) is 105 cm³/mol. The number of hydrogen-bond acceptors (Lipinski definition) is 4. The lowest BCUT2D eigenvalue weighted by atomic mass is 9.90. The number of anilines is 1. The molecule has 0 bridgehead atoms. The Kier molecular flexibility index (Phi) is 6.12. The zero-order valence-corrected chi connectivity index (χ0v) is 16.6. The van der Waals surface area contributed by atoms with E-state index in [1.165, 1.54) is 31.3 Å². The summed E-state index contributed by atoms with van der Waals surface area (Å²) in [5, 5.41) is 11.9. The molecule has 2 amide bonds. The lowest BCUT2D eigenvalue weighted by Gasteiger charge is -2.37. The van der Waals surface area contributed by atoms with Crippen LogP contribution in [-0.2, 0) is 11.2 Å². The van der Waals surface area contributed by atoms with Crippen LogP contribution in [0, 0.1) is 5.82 Å². The van der Waals surface area contributed by atoms with Gasteiger partial charge in [0.15, 0.2) is 11.5 Å². The second-order valence-corrected chi connectivity index (χ2v) is 6.93. The highest BCUT2D eigenvalue weighted by Gasteiger charge is 2.33. The molecule has 0 fully saturated rings. The number of halogens is 2. The molecule has 7 nitrogen and oxygen atoms in total. The normalized spacial score (nSPS) is 15.4. The first kappa shape index (κ1) is 20.7. The molecule has 1 heterocycles. The maximum Gasteiger partial charge on any atom is 0.322 e. The molecule has 0 radical (unpaired) electrons. The quantitative estimate of drug-likeness (QED) is 0.757. The van der Waals surface area contributed by atoms with Gasteiger partial charge in [0.25, 0.3) is 0 Å². The van der Waals surface area contributed by atoms with E-state index in [-0.39, 0.29) is 11.4 Å². The van der Waals surface area contributed by atoms with Gasteiger partial charge in [-0.05, 0) is 47.9 Å². The van der Waals surface area contributed by atoms with E-state index in [9.17, 15) is 19.1 Å². The third kappa shape index (κ3) is 4.37. The fourth-order valence-electron chi connectivity index (χ4n) is 3.43. The molecule has 29 heavy (non-hydrogen) atoms. The number of benzene rings is 2. The van der Waals surface area contributed by atoms with Crippen molar-refractivity contribution in [2.24, 2.45) is 0 Å². The monoisotopic (exact) mass is 422 g/mol. The molecular weight excluding hydrogens is 403 g/mol. The largest absolute Gasteiger partial charge is 0.493 e. The molecule has 154 valence electrons. The van der Waals surface area contributed by atoms with E-state index in [4.69, 9.17) is 21.1 Å². The Morgan fingerprint density at radius 3 is 2.55 bits per heavy atom. The number of ether oxygens (including phenoxy) is 2. The highest BCUT2D eigenvalue weighted by Crippen LogP contribution is 2.39. The van der Waals surface area contributed by atoms with Crippen molar-refractivity contribution in [2.45, 2.75) is 18.9 Å². The summed E-state index contributed by atoms with van der Waals surface area (Å²) in [6.45, 7) is 0.307. The number of amides is 2. The van der Waals surface area contributed by atoms with Gasteiger partial charge < -0.3 is 24.8 Å². The average Bonchev–Trinajstić information content (AvgIpc) is 2.69. The second-order valence-electron chi connectivity index (χ2n) is 6.52. The zero-order valence-electron chi connectivity index (χ0n) is 15.9. The average molecular weight is 423 g/mol. The highest BCUT2D eigenvalue weighted by atomic mass is 35.5. The Balaban J connectivity index is 1.93. The summed E-state index contributed by atoms with van der Waals surface area (Å²) in [5.74, 6) is -0.644. The summed E-state index contributed by atoms with van der Waals surface area (Å²) in [6.07, 6.45) is 0.240. The molecule has 0 spiro atoms. The van der Waals surface area contributed by atoms with E-state index in [0.717, 1.165) is 11.6 Å². The molecule has 2 N–H and O–H groups in total. The van der Waals surface area contributed by atoms with Crippen molar-refractivity contribution in [1.82, 2.24) is 4.90 Å². The number of carboxylic acids is 1. The molecule has 2 aromatic carbocycles. The molecule has 2 aromatic rings. The van der Waals surface area contributed by atoms with Gasteiger partial charge in [-0.3, -0.25) is 4.79 Å². The molecule has 1 atom stereocenters. The van der Waals surface area contributed by atoms with Gasteiger partial charge in [-0.1, -0.05) is 11.6 Å². The molecule has 0 aliphatic carbocycles. The first-order valence-corrected chi connectivity index (χ1v) is 9.21. The van der Waals surface area contributed by atoms with Crippen LogP contribution in [-0.4, -0.2) is 42.8 Å². The third-order valence-corrected chi connectivity index (χ3v) is 5.09. The van der Waals surface area contributed by atoms with E-state index < -0.39 is 23.9 Å². The first-order valence-electron chi connectivity index (χ1n) is 8.83. The molecule has 3 rings (SSSR count). The molecule has 0 saturated heterocycles. The molecule has 1 aliphatic heterocycles. The first-order chi connectivity index (χ1) is 13.8.